The zero-order chi connectivity index (χ0) is 16.1. The fraction of sp³-hybridized carbons (Fsp3) is 0.333. The lowest BCUT2D eigenvalue weighted by molar-refractivity contribution is 0.448. The second kappa shape index (κ2) is 5.01. The summed E-state index contributed by atoms with van der Waals surface area (Å²) in [6.07, 6.45) is 5.26. The van der Waals surface area contributed by atoms with Crippen LogP contribution in [0.5, 0.6) is 5.75 Å². The first-order valence-corrected chi connectivity index (χ1v) is 7.92. The van der Waals surface area contributed by atoms with Crippen LogP contribution in [0.4, 0.5) is 0 Å². The normalized spacial score (nSPS) is 13.5. The van der Waals surface area contributed by atoms with Gasteiger partial charge in [0, 0.05) is 11.1 Å². The monoisotopic (exact) mass is 292 g/mol. The van der Waals surface area contributed by atoms with Crippen molar-refractivity contribution in [3.8, 4) is 16.9 Å². The molecule has 0 fully saturated rings. The van der Waals surface area contributed by atoms with Crippen LogP contribution in [0.1, 0.15) is 48.6 Å². The molecule has 1 aliphatic carbocycles. The molecule has 0 unspecified atom stereocenters. The number of aryl methyl sites for hydroxylation is 2. The van der Waals surface area contributed by atoms with Gasteiger partial charge in [0.2, 0.25) is 0 Å². The second-order valence-corrected chi connectivity index (χ2v) is 7.45. The minimum absolute atomic E-state index is 0.0802. The van der Waals surface area contributed by atoms with E-state index in [2.05, 4.69) is 71.0 Å². The van der Waals surface area contributed by atoms with Gasteiger partial charge in [-0.25, -0.2) is 0 Å². The van der Waals surface area contributed by atoms with Crippen LogP contribution in [0.25, 0.3) is 17.2 Å². The number of phenols is 1. The minimum Gasteiger partial charge on any atom is -0.507 e. The lowest BCUT2D eigenvalue weighted by Crippen LogP contribution is -2.12. The third-order valence-electron chi connectivity index (χ3n) is 4.38. The molecule has 0 bridgehead atoms. The summed E-state index contributed by atoms with van der Waals surface area (Å²) in [7, 11) is 0. The van der Waals surface area contributed by atoms with Crippen molar-refractivity contribution in [3.05, 3.63) is 58.2 Å². The quantitative estimate of drug-likeness (QED) is 0.731. The van der Waals surface area contributed by atoms with Gasteiger partial charge in [-0.3, -0.25) is 0 Å². The van der Waals surface area contributed by atoms with Crippen molar-refractivity contribution in [2.45, 2.75) is 46.5 Å². The van der Waals surface area contributed by atoms with Gasteiger partial charge in [-0.05, 0) is 48.4 Å². The summed E-state index contributed by atoms with van der Waals surface area (Å²) < 4.78 is 0. The Kier molecular flexibility index (Phi) is 3.40. The molecule has 0 amide bonds. The van der Waals surface area contributed by atoms with E-state index in [1.54, 1.807) is 0 Å². The second-order valence-electron chi connectivity index (χ2n) is 7.45. The predicted octanol–water partition coefficient (Wildman–Crippen LogP) is 5.54. The number of rotatable bonds is 1. The highest BCUT2D eigenvalue weighted by Crippen LogP contribution is 2.44. The molecule has 0 atom stereocenters. The Hall–Kier alpha value is -2.02. The van der Waals surface area contributed by atoms with E-state index in [1.807, 2.05) is 0 Å². The molecule has 2 aromatic rings. The van der Waals surface area contributed by atoms with Gasteiger partial charge in [0.25, 0.3) is 0 Å². The Bertz CT molecular complexity index is 753. The maximum atomic E-state index is 11.0. The van der Waals surface area contributed by atoms with Crippen molar-refractivity contribution < 1.29 is 5.11 Å². The Morgan fingerprint density at radius 1 is 0.955 bits per heavy atom. The molecule has 0 spiro atoms. The van der Waals surface area contributed by atoms with E-state index in [1.165, 1.54) is 22.3 Å². The van der Waals surface area contributed by atoms with E-state index in [-0.39, 0.29) is 5.41 Å². The topological polar surface area (TPSA) is 20.2 Å². The molecule has 0 aliphatic heterocycles. The first-order chi connectivity index (χ1) is 10.3. The zero-order valence-corrected chi connectivity index (χ0v) is 14.1. The number of fused-ring (bicyclic) bond motifs is 1. The third-order valence-corrected chi connectivity index (χ3v) is 4.38. The van der Waals surface area contributed by atoms with E-state index in [0.29, 0.717) is 5.75 Å². The van der Waals surface area contributed by atoms with Crippen molar-refractivity contribution in [1.29, 1.82) is 0 Å². The number of hydrogen-bond donors (Lipinski definition) is 1. The van der Waals surface area contributed by atoms with Crippen LogP contribution in [0.2, 0.25) is 0 Å². The van der Waals surface area contributed by atoms with Gasteiger partial charge in [0.15, 0.2) is 0 Å². The average molecular weight is 292 g/mol. The third kappa shape index (κ3) is 2.45. The van der Waals surface area contributed by atoms with Crippen LogP contribution in [0.3, 0.4) is 0 Å². The van der Waals surface area contributed by atoms with Crippen LogP contribution < -0.4 is 0 Å². The van der Waals surface area contributed by atoms with Crippen LogP contribution in [0.15, 0.2) is 30.3 Å². The zero-order valence-electron chi connectivity index (χ0n) is 14.1. The van der Waals surface area contributed by atoms with Gasteiger partial charge < -0.3 is 5.11 Å². The fourth-order valence-electron chi connectivity index (χ4n) is 3.41. The standard InChI is InChI=1S/C21H24O/c1-13-9-14(2)11-16(10-13)19-17-8-6-7-15(17)12-18(20(19)22)21(3,4)5/h6-7,9-12,22H,8H2,1-5H3. The number of hydrogen-bond acceptors (Lipinski definition) is 1. The molecule has 2 aromatic carbocycles. The van der Waals surface area contributed by atoms with E-state index >= 15 is 0 Å². The summed E-state index contributed by atoms with van der Waals surface area (Å²) in [6, 6.07) is 8.67. The number of phenolic OH excluding ortho intramolecular Hbond substituents is 1. The lowest BCUT2D eigenvalue weighted by atomic mass is 9.81. The van der Waals surface area contributed by atoms with E-state index in [4.69, 9.17) is 0 Å². The van der Waals surface area contributed by atoms with Gasteiger partial charge >= 0.3 is 0 Å². The molecule has 0 saturated carbocycles. The van der Waals surface area contributed by atoms with E-state index in [9.17, 15) is 5.11 Å². The van der Waals surface area contributed by atoms with Crippen molar-refractivity contribution >= 4 is 6.08 Å². The highest BCUT2D eigenvalue weighted by Gasteiger charge is 2.26. The van der Waals surface area contributed by atoms with Gasteiger partial charge in [-0.1, -0.05) is 62.2 Å². The SMILES string of the molecule is Cc1cc(C)cc(-c2c(O)c(C(C)(C)C)cc3c2CC=C3)c1. The smallest absolute Gasteiger partial charge is 0.127 e. The van der Waals surface area contributed by atoms with Crippen molar-refractivity contribution in [2.24, 2.45) is 0 Å². The minimum atomic E-state index is -0.0802. The summed E-state index contributed by atoms with van der Waals surface area (Å²) in [4.78, 5) is 0. The van der Waals surface area contributed by atoms with Crippen molar-refractivity contribution in [3.63, 3.8) is 0 Å². The largest absolute Gasteiger partial charge is 0.507 e. The maximum absolute atomic E-state index is 11.0. The molecule has 22 heavy (non-hydrogen) atoms. The summed E-state index contributed by atoms with van der Waals surface area (Å²) in [6.45, 7) is 10.7. The molecular weight excluding hydrogens is 268 g/mol. The molecule has 1 nitrogen and oxygen atoms in total. The average Bonchev–Trinajstić information content (AvgIpc) is 2.83. The van der Waals surface area contributed by atoms with E-state index in [0.717, 1.165) is 23.1 Å². The Balaban J connectivity index is 2.34. The van der Waals surface area contributed by atoms with Crippen LogP contribution in [0, 0.1) is 13.8 Å². The summed E-state index contributed by atoms with van der Waals surface area (Å²) in [5.74, 6) is 0.444. The van der Waals surface area contributed by atoms with E-state index < -0.39 is 0 Å². The lowest BCUT2D eigenvalue weighted by Gasteiger charge is -2.24. The van der Waals surface area contributed by atoms with Crippen LogP contribution in [-0.2, 0) is 11.8 Å². The molecular formula is C21H24O. The molecule has 3 rings (SSSR count). The fourth-order valence-corrected chi connectivity index (χ4v) is 3.41. The number of benzene rings is 2. The molecule has 0 aromatic heterocycles. The maximum Gasteiger partial charge on any atom is 0.127 e. The highest BCUT2D eigenvalue weighted by atomic mass is 16.3. The first kappa shape index (κ1) is 14.9. The Labute approximate surface area is 133 Å². The summed E-state index contributed by atoms with van der Waals surface area (Å²) in [5.41, 5.74) is 8.04. The summed E-state index contributed by atoms with van der Waals surface area (Å²) >= 11 is 0. The van der Waals surface area contributed by atoms with Crippen LogP contribution in [-0.4, -0.2) is 5.11 Å². The Morgan fingerprint density at radius 2 is 1.59 bits per heavy atom. The molecule has 0 heterocycles. The molecule has 1 N–H and O–H groups in total. The number of allylic oxidation sites excluding steroid dienone is 1. The molecule has 0 radical (unpaired) electrons. The molecule has 1 aliphatic rings. The Morgan fingerprint density at radius 3 is 2.18 bits per heavy atom. The predicted molar refractivity (Wildman–Crippen MR) is 94.5 cm³/mol. The highest BCUT2D eigenvalue weighted by molar-refractivity contribution is 5.83. The molecule has 1 heteroatoms. The van der Waals surface area contributed by atoms with Gasteiger partial charge in [0.1, 0.15) is 5.75 Å². The molecule has 0 saturated heterocycles. The number of aromatic hydroxyl groups is 1. The van der Waals surface area contributed by atoms with Crippen LogP contribution >= 0.6 is 0 Å². The molecule has 114 valence electrons. The first-order valence-electron chi connectivity index (χ1n) is 7.92. The van der Waals surface area contributed by atoms with Crippen molar-refractivity contribution in [2.75, 3.05) is 0 Å². The van der Waals surface area contributed by atoms with Gasteiger partial charge in [-0.2, -0.15) is 0 Å². The van der Waals surface area contributed by atoms with Crippen molar-refractivity contribution in [1.82, 2.24) is 0 Å². The van der Waals surface area contributed by atoms with Gasteiger partial charge in [-0.15, -0.1) is 0 Å². The summed E-state index contributed by atoms with van der Waals surface area (Å²) in [5, 5.41) is 11.0. The van der Waals surface area contributed by atoms with Gasteiger partial charge in [0.05, 0.1) is 0 Å².